The molecule has 2 N–H and O–H groups in total. The maximum absolute atomic E-state index is 5.35. The summed E-state index contributed by atoms with van der Waals surface area (Å²) in [5.41, 5.74) is 3.10. The zero-order valence-corrected chi connectivity index (χ0v) is 10.9. The third-order valence-electron chi connectivity index (χ3n) is 2.88. The van der Waals surface area contributed by atoms with Crippen LogP contribution >= 0.6 is 12.2 Å². The number of para-hydroxylation sites is 2. The standard InChI is InChI=1S/C13H14N4S/c1-2-5-9-8-12(18)17(16-9)13-14-10-6-3-4-7-11(10)15-13/h3-4,6-8,16H,2,5H2,1H3,(H,14,15). The van der Waals surface area contributed by atoms with Gasteiger partial charge in [-0.15, -0.1) is 0 Å². The molecule has 0 saturated carbocycles. The van der Waals surface area contributed by atoms with E-state index in [2.05, 4.69) is 22.0 Å². The number of aromatic amines is 2. The Bertz CT molecular complexity index is 702. The van der Waals surface area contributed by atoms with E-state index in [9.17, 15) is 0 Å². The number of hydrogen-bond acceptors (Lipinski definition) is 2. The number of hydrogen-bond donors (Lipinski definition) is 2. The summed E-state index contributed by atoms with van der Waals surface area (Å²) in [5, 5.41) is 3.28. The van der Waals surface area contributed by atoms with E-state index in [-0.39, 0.29) is 0 Å². The van der Waals surface area contributed by atoms with Gasteiger partial charge in [0.05, 0.1) is 11.0 Å². The lowest BCUT2D eigenvalue weighted by Crippen LogP contribution is -1.99. The van der Waals surface area contributed by atoms with Crippen molar-refractivity contribution in [2.24, 2.45) is 0 Å². The monoisotopic (exact) mass is 258 g/mol. The molecule has 0 fully saturated rings. The van der Waals surface area contributed by atoms with E-state index in [1.165, 1.54) is 0 Å². The maximum Gasteiger partial charge on any atom is 0.228 e. The summed E-state index contributed by atoms with van der Waals surface area (Å²) in [6.07, 6.45) is 2.09. The van der Waals surface area contributed by atoms with E-state index in [0.29, 0.717) is 0 Å². The molecule has 3 aromatic rings. The van der Waals surface area contributed by atoms with E-state index < -0.39 is 0 Å². The molecule has 2 aromatic heterocycles. The Kier molecular flexibility index (Phi) is 2.76. The molecule has 0 radical (unpaired) electrons. The fourth-order valence-corrected chi connectivity index (χ4v) is 2.32. The Labute approximate surface area is 110 Å². The van der Waals surface area contributed by atoms with Gasteiger partial charge in [-0.25, -0.2) is 9.67 Å². The molecule has 0 aliphatic carbocycles. The Balaban J connectivity index is 2.11. The van der Waals surface area contributed by atoms with Crippen LogP contribution in [0.1, 0.15) is 19.0 Å². The Morgan fingerprint density at radius 3 is 2.94 bits per heavy atom. The van der Waals surface area contributed by atoms with Crippen LogP contribution in [0.15, 0.2) is 30.3 Å². The third kappa shape index (κ3) is 1.86. The van der Waals surface area contributed by atoms with Crippen molar-refractivity contribution in [1.29, 1.82) is 0 Å². The second-order valence-electron chi connectivity index (χ2n) is 4.28. The van der Waals surface area contributed by atoms with Crippen LogP contribution in [0, 0.1) is 4.64 Å². The molecule has 0 amide bonds. The van der Waals surface area contributed by atoms with Gasteiger partial charge in [0.2, 0.25) is 5.95 Å². The zero-order chi connectivity index (χ0) is 12.5. The van der Waals surface area contributed by atoms with Crippen LogP contribution in [-0.4, -0.2) is 19.7 Å². The predicted octanol–water partition coefficient (Wildman–Crippen LogP) is 3.36. The van der Waals surface area contributed by atoms with Gasteiger partial charge in [0.25, 0.3) is 0 Å². The van der Waals surface area contributed by atoms with Crippen molar-refractivity contribution in [2.75, 3.05) is 0 Å². The topological polar surface area (TPSA) is 49.4 Å². The predicted molar refractivity (Wildman–Crippen MR) is 74.6 cm³/mol. The average molecular weight is 258 g/mol. The smallest absolute Gasteiger partial charge is 0.228 e. The normalized spacial score (nSPS) is 11.2. The minimum atomic E-state index is 0.739. The third-order valence-corrected chi connectivity index (χ3v) is 3.18. The van der Waals surface area contributed by atoms with Crippen molar-refractivity contribution in [3.8, 4) is 5.95 Å². The van der Waals surface area contributed by atoms with Gasteiger partial charge in [0.15, 0.2) is 0 Å². The van der Waals surface area contributed by atoms with Gasteiger partial charge in [0, 0.05) is 5.69 Å². The summed E-state index contributed by atoms with van der Waals surface area (Å²) in [6.45, 7) is 2.15. The maximum atomic E-state index is 5.35. The van der Waals surface area contributed by atoms with Crippen molar-refractivity contribution in [1.82, 2.24) is 19.7 Å². The van der Waals surface area contributed by atoms with E-state index in [4.69, 9.17) is 12.2 Å². The summed E-state index contributed by atoms with van der Waals surface area (Å²) in [4.78, 5) is 7.79. The highest BCUT2D eigenvalue weighted by Gasteiger charge is 2.06. The molecule has 0 unspecified atom stereocenters. The van der Waals surface area contributed by atoms with Gasteiger partial charge in [-0.1, -0.05) is 37.7 Å². The molecule has 5 heteroatoms. The summed E-state index contributed by atoms with van der Waals surface area (Å²) >= 11 is 5.35. The molecule has 0 bridgehead atoms. The van der Waals surface area contributed by atoms with Crippen LogP contribution in [0.25, 0.3) is 17.0 Å². The number of imidazole rings is 1. The van der Waals surface area contributed by atoms with E-state index in [0.717, 1.165) is 40.2 Å². The van der Waals surface area contributed by atoms with Gasteiger partial charge >= 0.3 is 0 Å². The van der Waals surface area contributed by atoms with Crippen molar-refractivity contribution in [3.63, 3.8) is 0 Å². The van der Waals surface area contributed by atoms with Crippen LogP contribution in [0.4, 0.5) is 0 Å². The molecule has 0 atom stereocenters. The number of benzene rings is 1. The molecule has 18 heavy (non-hydrogen) atoms. The summed E-state index contributed by atoms with van der Waals surface area (Å²) in [7, 11) is 0. The number of rotatable bonds is 3. The number of nitrogens with zero attached hydrogens (tertiary/aromatic N) is 2. The van der Waals surface area contributed by atoms with E-state index >= 15 is 0 Å². The number of nitrogens with one attached hydrogen (secondary N) is 2. The Hall–Kier alpha value is -1.88. The van der Waals surface area contributed by atoms with Crippen LogP contribution < -0.4 is 0 Å². The van der Waals surface area contributed by atoms with Crippen LogP contribution in [0.2, 0.25) is 0 Å². The van der Waals surface area contributed by atoms with E-state index in [1.807, 2.05) is 35.0 Å². The summed E-state index contributed by atoms with van der Waals surface area (Å²) in [6, 6.07) is 9.94. The molecule has 0 spiro atoms. The average Bonchev–Trinajstić information content (AvgIpc) is 2.92. The SMILES string of the molecule is CCCc1cc(=S)n(-c2nc3ccccc3[nH]2)[nH]1. The first-order valence-electron chi connectivity index (χ1n) is 6.04. The first-order valence-corrected chi connectivity index (χ1v) is 6.45. The first-order chi connectivity index (χ1) is 8.78. The second kappa shape index (κ2) is 4.42. The van der Waals surface area contributed by atoms with Gasteiger partial charge in [-0.05, 0) is 24.6 Å². The van der Waals surface area contributed by atoms with Crippen molar-refractivity contribution in [2.45, 2.75) is 19.8 Å². The molecule has 1 aromatic carbocycles. The fraction of sp³-hybridized carbons (Fsp3) is 0.231. The van der Waals surface area contributed by atoms with Gasteiger partial charge in [-0.3, -0.25) is 5.10 Å². The largest absolute Gasteiger partial charge is 0.322 e. The molecular formula is C13H14N4S. The second-order valence-corrected chi connectivity index (χ2v) is 4.70. The minimum absolute atomic E-state index is 0.739. The first kappa shape index (κ1) is 11.2. The highest BCUT2D eigenvalue weighted by molar-refractivity contribution is 7.71. The molecule has 0 aliphatic heterocycles. The number of H-pyrrole nitrogens is 2. The number of aromatic nitrogens is 4. The highest BCUT2D eigenvalue weighted by Crippen LogP contribution is 2.14. The van der Waals surface area contributed by atoms with Crippen LogP contribution in [-0.2, 0) is 6.42 Å². The van der Waals surface area contributed by atoms with Crippen LogP contribution in [0.5, 0.6) is 0 Å². The lowest BCUT2D eigenvalue weighted by Gasteiger charge is -1.97. The van der Waals surface area contributed by atoms with Crippen molar-refractivity contribution < 1.29 is 0 Å². The molecule has 0 saturated heterocycles. The van der Waals surface area contributed by atoms with Crippen LogP contribution in [0.3, 0.4) is 0 Å². The Morgan fingerprint density at radius 2 is 2.17 bits per heavy atom. The van der Waals surface area contributed by atoms with Gasteiger partial charge in [0.1, 0.15) is 4.64 Å². The summed E-state index contributed by atoms with van der Waals surface area (Å²) < 4.78 is 2.57. The Morgan fingerprint density at radius 1 is 1.33 bits per heavy atom. The lowest BCUT2D eigenvalue weighted by atomic mass is 10.3. The lowest BCUT2D eigenvalue weighted by molar-refractivity contribution is 0.774. The molecule has 2 heterocycles. The summed E-state index contributed by atoms with van der Waals surface area (Å²) in [5.74, 6) is 0.739. The highest BCUT2D eigenvalue weighted by atomic mass is 32.1. The quantitative estimate of drug-likeness (QED) is 0.708. The van der Waals surface area contributed by atoms with Crippen molar-refractivity contribution in [3.05, 3.63) is 40.7 Å². The number of fused-ring (bicyclic) bond motifs is 1. The molecule has 0 aliphatic rings. The van der Waals surface area contributed by atoms with Crippen molar-refractivity contribution >= 4 is 23.3 Å². The van der Waals surface area contributed by atoms with E-state index in [1.54, 1.807) is 0 Å². The number of aryl methyl sites for hydroxylation is 1. The molecular weight excluding hydrogens is 244 g/mol. The van der Waals surface area contributed by atoms with Gasteiger partial charge in [-0.2, -0.15) is 0 Å². The molecule has 92 valence electrons. The molecule has 4 nitrogen and oxygen atoms in total. The molecule has 3 rings (SSSR count). The van der Waals surface area contributed by atoms with Gasteiger partial charge < -0.3 is 4.98 Å². The minimum Gasteiger partial charge on any atom is -0.322 e. The fourth-order valence-electron chi connectivity index (χ4n) is 2.04. The zero-order valence-electron chi connectivity index (χ0n) is 10.1.